The minimum Gasteiger partial charge on any atom is -0.494 e. The number of ether oxygens (including phenoxy) is 1. The van der Waals surface area contributed by atoms with E-state index in [9.17, 15) is 14.8 Å². The number of nitrogens with zero attached hydrogens (tertiary/aromatic N) is 1. The first-order valence-electron chi connectivity index (χ1n) is 11.6. The van der Waals surface area contributed by atoms with Crippen molar-refractivity contribution in [2.75, 3.05) is 6.61 Å². The molecule has 2 heterocycles. The van der Waals surface area contributed by atoms with Crippen LogP contribution in [0.1, 0.15) is 28.7 Å². The van der Waals surface area contributed by atoms with Crippen LogP contribution < -0.4 is 15.8 Å². The summed E-state index contributed by atoms with van der Waals surface area (Å²) >= 11 is 0. The zero-order valence-corrected chi connectivity index (χ0v) is 19.6. The molecule has 1 atom stereocenters. The SMILES string of the molecule is Cc1ccc2oc(=O)c(CC(Cc3ccc(OCCCc4ccncc4)cc3)C(=O)NO)cc2c1. The average molecular weight is 473 g/mol. The van der Waals surface area contributed by atoms with E-state index in [0.717, 1.165) is 35.1 Å². The summed E-state index contributed by atoms with van der Waals surface area (Å²) in [4.78, 5) is 28.9. The van der Waals surface area contributed by atoms with Gasteiger partial charge in [-0.2, -0.15) is 0 Å². The zero-order valence-electron chi connectivity index (χ0n) is 19.6. The number of hydrogen-bond acceptors (Lipinski definition) is 6. The number of pyridine rings is 1. The van der Waals surface area contributed by atoms with Crippen LogP contribution in [0.25, 0.3) is 11.0 Å². The summed E-state index contributed by atoms with van der Waals surface area (Å²) in [6, 6.07) is 18.8. The van der Waals surface area contributed by atoms with Gasteiger partial charge < -0.3 is 9.15 Å². The summed E-state index contributed by atoms with van der Waals surface area (Å²) in [6.45, 7) is 2.55. The van der Waals surface area contributed by atoms with Crippen LogP contribution in [-0.4, -0.2) is 22.7 Å². The fourth-order valence-corrected chi connectivity index (χ4v) is 4.06. The molecular formula is C28H28N2O5. The van der Waals surface area contributed by atoms with Crippen LogP contribution >= 0.6 is 0 Å². The highest BCUT2D eigenvalue weighted by atomic mass is 16.5. The molecule has 2 N–H and O–H groups in total. The highest BCUT2D eigenvalue weighted by molar-refractivity contribution is 5.79. The normalized spacial score (nSPS) is 11.8. The number of amides is 1. The van der Waals surface area contributed by atoms with Gasteiger partial charge in [0.1, 0.15) is 11.3 Å². The number of benzene rings is 2. The number of carbonyl (C=O) groups excluding carboxylic acids is 1. The number of hydroxylamine groups is 1. The summed E-state index contributed by atoms with van der Waals surface area (Å²) in [7, 11) is 0. The van der Waals surface area contributed by atoms with Gasteiger partial charge in [-0.1, -0.05) is 23.8 Å². The molecule has 0 aliphatic carbocycles. The van der Waals surface area contributed by atoms with Crippen LogP contribution in [0.5, 0.6) is 5.75 Å². The van der Waals surface area contributed by atoms with Crippen LogP contribution in [0.4, 0.5) is 0 Å². The van der Waals surface area contributed by atoms with Gasteiger partial charge in [-0.25, -0.2) is 10.3 Å². The van der Waals surface area contributed by atoms with Crippen LogP contribution in [0, 0.1) is 12.8 Å². The van der Waals surface area contributed by atoms with E-state index in [1.807, 2.05) is 55.5 Å². The van der Waals surface area contributed by atoms with Gasteiger partial charge in [-0.05, 0) is 86.2 Å². The molecule has 7 heteroatoms. The largest absolute Gasteiger partial charge is 0.494 e. The van der Waals surface area contributed by atoms with Gasteiger partial charge in [0.05, 0.1) is 6.61 Å². The molecule has 35 heavy (non-hydrogen) atoms. The maximum Gasteiger partial charge on any atom is 0.339 e. The molecule has 0 saturated carbocycles. The Kier molecular flexibility index (Phi) is 7.90. The molecule has 4 aromatic rings. The van der Waals surface area contributed by atoms with E-state index in [0.29, 0.717) is 24.2 Å². The van der Waals surface area contributed by atoms with Gasteiger partial charge >= 0.3 is 5.63 Å². The number of rotatable bonds is 10. The Hall–Kier alpha value is -3.97. The number of fused-ring (bicyclic) bond motifs is 1. The lowest BCUT2D eigenvalue weighted by Crippen LogP contribution is -2.32. The third-order valence-electron chi connectivity index (χ3n) is 5.94. The topological polar surface area (TPSA) is 102 Å². The van der Waals surface area contributed by atoms with Crippen molar-refractivity contribution >= 4 is 16.9 Å². The van der Waals surface area contributed by atoms with Gasteiger partial charge in [0.15, 0.2) is 0 Å². The summed E-state index contributed by atoms with van der Waals surface area (Å²) in [5.74, 6) is -0.445. The zero-order chi connectivity index (χ0) is 24.6. The van der Waals surface area contributed by atoms with Gasteiger partial charge in [0.25, 0.3) is 0 Å². The quantitative estimate of drug-likeness (QED) is 0.153. The fraction of sp³-hybridized carbons (Fsp3) is 0.250. The molecule has 0 bridgehead atoms. The van der Waals surface area contributed by atoms with Gasteiger partial charge in [0.2, 0.25) is 5.91 Å². The van der Waals surface area contributed by atoms with Crippen LogP contribution in [0.3, 0.4) is 0 Å². The lowest BCUT2D eigenvalue weighted by atomic mass is 9.92. The first kappa shape index (κ1) is 24.2. The molecule has 0 saturated heterocycles. The molecule has 0 aliphatic heterocycles. The number of aryl methyl sites for hydroxylation is 2. The fourth-order valence-electron chi connectivity index (χ4n) is 4.06. The summed E-state index contributed by atoms with van der Waals surface area (Å²) < 4.78 is 11.3. The first-order chi connectivity index (χ1) is 17.0. The highest BCUT2D eigenvalue weighted by Gasteiger charge is 2.21. The number of aromatic nitrogens is 1. The molecule has 0 aliphatic rings. The molecule has 4 rings (SSSR count). The van der Waals surface area contributed by atoms with E-state index in [2.05, 4.69) is 4.98 Å². The maximum atomic E-state index is 12.5. The van der Waals surface area contributed by atoms with Gasteiger partial charge in [-0.3, -0.25) is 15.0 Å². The lowest BCUT2D eigenvalue weighted by molar-refractivity contribution is -0.133. The third-order valence-corrected chi connectivity index (χ3v) is 5.94. The van der Waals surface area contributed by atoms with Crippen molar-refractivity contribution in [3.8, 4) is 5.75 Å². The molecule has 2 aromatic heterocycles. The van der Waals surface area contributed by atoms with Crippen molar-refractivity contribution in [3.05, 3.63) is 106 Å². The molecule has 0 radical (unpaired) electrons. The minimum atomic E-state index is -0.641. The van der Waals surface area contributed by atoms with Gasteiger partial charge in [0, 0.05) is 29.3 Å². The highest BCUT2D eigenvalue weighted by Crippen LogP contribution is 2.20. The summed E-state index contributed by atoms with van der Waals surface area (Å²) in [6.07, 6.45) is 5.87. The maximum absolute atomic E-state index is 12.5. The Morgan fingerprint density at radius 2 is 1.80 bits per heavy atom. The van der Waals surface area contributed by atoms with Crippen LogP contribution in [0.2, 0.25) is 0 Å². The molecule has 7 nitrogen and oxygen atoms in total. The minimum absolute atomic E-state index is 0.145. The van der Waals surface area contributed by atoms with Crippen LogP contribution in [0.15, 0.2) is 82.3 Å². The Labute approximate surface area is 203 Å². The smallest absolute Gasteiger partial charge is 0.339 e. The third kappa shape index (κ3) is 6.55. The Morgan fingerprint density at radius 1 is 1.03 bits per heavy atom. The first-order valence-corrected chi connectivity index (χ1v) is 11.6. The van der Waals surface area contributed by atoms with E-state index >= 15 is 0 Å². The Balaban J connectivity index is 1.39. The molecular weight excluding hydrogens is 444 g/mol. The van der Waals surface area contributed by atoms with E-state index in [-0.39, 0.29) is 6.42 Å². The summed E-state index contributed by atoms with van der Waals surface area (Å²) in [5, 5.41) is 10.1. The van der Waals surface area contributed by atoms with E-state index in [4.69, 9.17) is 9.15 Å². The second-order valence-electron chi connectivity index (χ2n) is 8.63. The average Bonchev–Trinajstić information content (AvgIpc) is 2.88. The Morgan fingerprint density at radius 3 is 2.54 bits per heavy atom. The van der Waals surface area contributed by atoms with Gasteiger partial charge in [-0.15, -0.1) is 0 Å². The Bertz CT molecular complexity index is 1330. The van der Waals surface area contributed by atoms with E-state index in [1.54, 1.807) is 30.0 Å². The number of nitrogens with one attached hydrogen (secondary N) is 1. The number of hydrogen-bond donors (Lipinski definition) is 2. The molecule has 1 amide bonds. The van der Waals surface area contributed by atoms with Crippen LogP contribution in [-0.2, 0) is 24.1 Å². The van der Waals surface area contributed by atoms with Crippen molar-refractivity contribution in [1.82, 2.24) is 10.5 Å². The van der Waals surface area contributed by atoms with Crippen molar-refractivity contribution < 1.29 is 19.2 Å². The van der Waals surface area contributed by atoms with E-state index < -0.39 is 17.5 Å². The predicted molar refractivity (Wildman–Crippen MR) is 133 cm³/mol. The second-order valence-corrected chi connectivity index (χ2v) is 8.63. The van der Waals surface area contributed by atoms with Crippen molar-refractivity contribution in [2.24, 2.45) is 5.92 Å². The number of carbonyl (C=O) groups is 1. The predicted octanol–water partition coefficient (Wildman–Crippen LogP) is 4.41. The van der Waals surface area contributed by atoms with Crippen molar-refractivity contribution in [2.45, 2.75) is 32.6 Å². The monoisotopic (exact) mass is 472 g/mol. The second kappa shape index (κ2) is 11.4. The van der Waals surface area contributed by atoms with E-state index in [1.165, 1.54) is 5.56 Å². The molecule has 180 valence electrons. The molecule has 1 unspecified atom stereocenters. The molecule has 0 fully saturated rings. The summed E-state index contributed by atoms with van der Waals surface area (Å²) in [5.41, 5.74) is 5.31. The standard InChI is InChI=1S/C28H28N2O5/c1-19-4-9-26-22(15-19)17-24(28(32)35-26)18-23(27(31)30-33)16-21-5-7-25(8-6-21)34-14-2-3-20-10-12-29-13-11-20/h4-13,15,17,23,33H,2-3,14,16,18H2,1H3,(H,30,31). The molecule has 0 spiro atoms. The molecule has 2 aromatic carbocycles. The van der Waals surface area contributed by atoms with Crippen molar-refractivity contribution in [3.63, 3.8) is 0 Å². The lowest BCUT2D eigenvalue weighted by Gasteiger charge is -2.15. The van der Waals surface area contributed by atoms with Crippen molar-refractivity contribution in [1.29, 1.82) is 0 Å².